The minimum atomic E-state index is -0.851. The molecule has 1 aliphatic rings. The predicted molar refractivity (Wildman–Crippen MR) is 108 cm³/mol. The van der Waals surface area contributed by atoms with E-state index in [0.717, 1.165) is 6.08 Å². The summed E-state index contributed by atoms with van der Waals surface area (Å²) in [5, 5.41) is 26.4. The van der Waals surface area contributed by atoms with Crippen molar-refractivity contribution >= 4 is 23.3 Å². The largest absolute Gasteiger partial charge is 0.504 e. The van der Waals surface area contributed by atoms with E-state index in [1.54, 1.807) is 12.1 Å². The van der Waals surface area contributed by atoms with E-state index >= 15 is 0 Å². The minimum absolute atomic E-state index is 0.0272. The van der Waals surface area contributed by atoms with Gasteiger partial charge in [-0.15, -0.1) is 0 Å². The first-order valence-corrected chi connectivity index (χ1v) is 9.34. The lowest BCUT2D eigenvalue weighted by atomic mass is 9.88. The zero-order chi connectivity index (χ0) is 22.8. The van der Waals surface area contributed by atoms with Crippen molar-refractivity contribution in [3.05, 3.63) is 64.6 Å². The van der Waals surface area contributed by atoms with Crippen LogP contribution in [0.2, 0.25) is 0 Å². The summed E-state index contributed by atoms with van der Waals surface area (Å²) in [7, 11) is 0. The van der Waals surface area contributed by atoms with Gasteiger partial charge in [-0.05, 0) is 6.07 Å². The third kappa shape index (κ3) is 6.09. The Kier molecular flexibility index (Phi) is 9.10. The van der Waals surface area contributed by atoms with Crippen LogP contribution in [-0.2, 0) is 14.3 Å². The molecular weight excluding hydrogens is 410 g/mol. The Hall–Kier alpha value is -3.31. The fourth-order valence-corrected chi connectivity index (χ4v) is 2.59. The van der Waals surface area contributed by atoms with Crippen LogP contribution in [0.15, 0.2) is 40.8 Å². The lowest BCUT2D eigenvalue weighted by molar-refractivity contribution is -0.139. The molecule has 10 nitrogen and oxygen atoms in total. The van der Waals surface area contributed by atoms with Crippen molar-refractivity contribution in [3.8, 4) is 0 Å². The fourth-order valence-electron chi connectivity index (χ4n) is 2.59. The maximum absolute atomic E-state index is 12.5. The SMILES string of the molecule is NCCO.O=C(/C=C(\O)c1cc2c(o1)C(=O)c1ccccc1C2=O)OCCOCCO. The lowest BCUT2D eigenvalue weighted by Gasteiger charge is -2.11. The number of fused-ring (bicyclic) bond motifs is 2. The number of carbonyl (C=O) groups is 3. The number of aliphatic hydroxyl groups excluding tert-OH is 3. The molecule has 0 unspecified atom stereocenters. The van der Waals surface area contributed by atoms with Crippen molar-refractivity contribution in [3.63, 3.8) is 0 Å². The number of ketones is 2. The van der Waals surface area contributed by atoms with E-state index in [0.29, 0.717) is 6.54 Å². The van der Waals surface area contributed by atoms with E-state index in [-0.39, 0.29) is 61.2 Å². The highest BCUT2D eigenvalue weighted by Gasteiger charge is 2.34. The molecule has 0 amide bonds. The summed E-state index contributed by atoms with van der Waals surface area (Å²) in [6, 6.07) is 7.56. The molecule has 0 atom stereocenters. The van der Waals surface area contributed by atoms with Crippen LogP contribution < -0.4 is 5.73 Å². The number of aliphatic hydroxyl groups is 3. The molecule has 0 spiro atoms. The summed E-state index contributed by atoms with van der Waals surface area (Å²) in [6.07, 6.45) is 0.776. The summed E-state index contributed by atoms with van der Waals surface area (Å²) in [6.45, 7) is 0.487. The highest BCUT2D eigenvalue weighted by molar-refractivity contribution is 6.27. The molecule has 0 saturated heterocycles. The third-order valence-electron chi connectivity index (χ3n) is 3.94. The van der Waals surface area contributed by atoms with Crippen LogP contribution in [0.4, 0.5) is 0 Å². The zero-order valence-corrected chi connectivity index (χ0v) is 16.6. The second-order valence-electron chi connectivity index (χ2n) is 6.10. The standard InChI is InChI=1S/C19H16O8.C2H7NO/c20-5-6-25-7-8-26-16(22)10-14(21)15-9-13-17(23)11-3-1-2-4-12(11)18(24)19(13)27-15;3-1-2-4/h1-4,9-10,20-21H,5-8H2;4H,1-3H2/b14-10-;. The van der Waals surface area contributed by atoms with Gasteiger partial charge in [0.05, 0.1) is 38.1 Å². The highest BCUT2D eigenvalue weighted by Crippen LogP contribution is 2.31. The van der Waals surface area contributed by atoms with Crippen LogP contribution in [0.25, 0.3) is 5.76 Å². The van der Waals surface area contributed by atoms with E-state index in [2.05, 4.69) is 0 Å². The van der Waals surface area contributed by atoms with Gasteiger partial charge >= 0.3 is 5.97 Å². The molecule has 0 radical (unpaired) electrons. The Morgan fingerprint density at radius 3 is 2.26 bits per heavy atom. The molecule has 1 aliphatic carbocycles. The fraction of sp³-hybridized carbons (Fsp3) is 0.286. The van der Waals surface area contributed by atoms with Crippen LogP contribution in [0.1, 0.15) is 37.8 Å². The number of nitrogens with two attached hydrogens (primary N) is 1. The van der Waals surface area contributed by atoms with Crippen LogP contribution in [0.5, 0.6) is 0 Å². The van der Waals surface area contributed by atoms with Crippen molar-refractivity contribution in [1.29, 1.82) is 0 Å². The van der Waals surface area contributed by atoms with E-state index in [9.17, 15) is 19.5 Å². The molecule has 0 saturated carbocycles. The van der Waals surface area contributed by atoms with Gasteiger partial charge in [-0.1, -0.05) is 24.3 Å². The van der Waals surface area contributed by atoms with Gasteiger partial charge in [-0.25, -0.2) is 4.79 Å². The molecule has 2 aromatic rings. The zero-order valence-electron chi connectivity index (χ0n) is 16.6. The monoisotopic (exact) mass is 433 g/mol. The Labute approximate surface area is 177 Å². The van der Waals surface area contributed by atoms with Gasteiger partial charge in [-0.2, -0.15) is 0 Å². The molecule has 5 N–H and O–H groups in total. The molecule has 0 fully saturated rings. The van der Waals surface area contributed by atoms with Gasteiger partial charge < -0.3 is 34.9 Å². The average molecular weight is 433 g/mol. The van der Waals surface area contributed by atoms with Crippen molar-refractivity contribution < 1.29 is 43.6 Å². The average Bonchev–Trinajstić information content (AvgIpc) is 3.24. The van der Waals surface area contributed by atoms with E-state index < -0.39 is 23.3 Å². The second kappa shape index (κ2) is 11.8. The van der Waals surface area contributed by atoms with Gasteiger partial charge in [0.25, 0.3) is 0 Å². The highest BCUT2D eigenvalue weighted by atomic mass is 16.6. The Balaban J connectivity index is 0.000000785. The number of hydrogen-bond donors (Lipinski definition) is 4. The molecule has 1 heterocycles. The Morgan fingerprint density at radius 1 is 1.00 bits per heavy atom. The first kappa shape index (κ1) is 24.0. The van der Waals surface area contributed by atoms with Gasteiger partial charge in [0.15, 0.2) is 23.1 Å². The summed E-state index contributed by atoms with van der Waals surface area (Å²) in [4.78, 5) is 36.6. The summed E-state index contributed by atoms with van der Waals surface area (Å²) < 4.78 is 15.1. The molecule has 0 aliphatic heterocycles. The molecule has 166 valence electrons. The van der Waals surface area contributed by atoms with Crippen LogP contribution in [-0.4, -0.2) is 72.4 Å². The maximum Gasteiger partial charge on any atom is 0.334 e. The molecule has 0 bridgehead atoms. The van der Waals surface area contributed by atoms with Crippen LogP contribution in [0.3, 0.4) is 0 Å². The number of esters is 1. The topological polar surface area (TPSA) is 170 Å². The Bertz CT molecular complexity index is 907. The molecule has 1 aromatic heterocycles. The summed E-state index contributed by atoms with van der Waals surface area (Å²) in [5.74, 6) is -2.66. The van der Waals surface area contributed by atoms with Crippen molar-refractivity contribution in [2.24, 2.45) is 5.73 Å². The smallest absolute Gasteiger partial charge is 0.334 e. The predicted octanol–water partition coefficient (Wildman–Crippen LogP) is 0.443. The van der Waals surface area contributed by atoms with E-state index in [1.807, 2.05) is 0 Å². The van der Waals surface area contributed by atoms with Gasteiger partial charge in [0.2, 0.25) is 5.78 Å². The van der Waals surface area contributed by atoms with Crippen molar-refractivity contribution in [2.45, 2.75) is 0 Å². The second-order valence-corrected chi connectivity index (χ2v) is 6.10. The normalized spacial score (nSPS) is 12.5. The molecule has 1 aromatic carbocycles. The quantitative estimate of drug-likeness (QED) is 0.169. The van der Waals surface area contributed by atoms with E-state index in [4.69, 9.17) is 29.8 Å². The summed E-state index contributed by atoms with van der Waals surface area (Å²) >= 11 is 0. The van der Waals surface area contributed by atoms with Gasteiger partial charge in [-0.3, -0.25) is 9.59 Å². The number of benzene rings is 1. The third-order valence-corrected chi connectivity index (χ3v) is 3.94. The van der Waals surface area contributed by atoms with Gasteiger partial charge in [0, 0.05) is 17.7 Å². The van der Waals surface area contributed by atoms with Crippen LogP contribution >= 0.6 is 0 Å². The van der Waals surface area contributed by atoms with Crippen LogP contribution in [0, 0.1) is 0 Å². The lowest BCUT2D eigenvalue weighted by Crippen LogP contribution is -2.18. The van der Waals surface area contributed by atoms with Crippen molar-refractivity contribution in [1.82, 2.24) is 0 Å². The maximum atomic E-state index is 12.5. The first-order chi connectivity index (χ1) is 14.9. The van der Waals surface area contributed by atoms with Crippen molar-refractivity contribution in [2.75, 3.05) is 39.6 Å². The number of hydrogen-bond acceptors (Lipinski definition) is 10. The molecule has 3 rings (SSSR count). The number of furan rings is 1. The molecule has 10 heteroatoms. The summed E-state index contributed by atoms with van der Waals surface area (Å²) in [5.41, 5.74) is 5.29. The Morgan fingerprint density at radius 2 is 1.65 bits per heavy atom. The first-order valence-electron chi connectivity index (χ1n) is 9.34. The number of rotatable bonds is 8. The minimum Gasteiger partial charge on any atom is -0.504 e. The van der Waals surface area contributed by atoms with Gasteiger partial charge in [0.1, 0.15) is 6.61 Å². The molecular formula is C21H23NO9. The number of carbonyl (C=O) groups excluding carboxylic acids is 3. The van der Waals surface area contributed by atoms with E-state index in [1.165, 1.54) is 18.2 Å². The number of ether oxygens (including phenoxy) is 2. The molecule has 31 heavy (non-hydrogen) atoms.